The molecule has 0 aromatic heterocycles. The van der Waals surface area contributed by atoms with Gasteiger partial charge in [-0.1, -0.05) is 17.7 Å². The van der Waals surface area contributed by atoms with Crippen LogP contribution in [0.3, 0.4) is 0 Å². The molecule has 1 N–H and O–H groups in total. The normalized spacial score (nSPS) is 11.3. The molecule has 0 aliphatic heterocycles. The minimum absolute atomic E-state index is 0.679. The third-order valence-electron chi connectivity index (χ3n) is 1.68. The van der Waals surface area contributed by atoms with Crippen molar-refractivity contribution < 1.29 is 9.47 Å². The molecule has 0 saturated heterocycles. The van der Waals surface area contributed by atoms with E-state index in [4.69, 9.17) is 21.1 Å². The SMILES string of the molecule is COCCOCCCCNC/C=C/Cl. The Morgan fingerprint density at radius 3 is 2.79 bits per heavy atom. The number of unbranched alkanes of at least 4 members (excludes halogenated alkanes) is 1. The monoisotopic (exact) mass is 221 g/mol. The molecule has 0 aromatic carbocycles. The molecule has 0 fully saturated rings. The smallest absolute Gasteiger partial charge is 0.0700 e. The average Bonchev–Trinajstić information content (AvgIpc) is 2.21. The Balaban J connectivity index is 2.85. The van der Waals surface area contributed by atoms with E-state index in [2.05, 4.69) is 5.32 Å². The van der Waals surface area contributed by atoms with Gasteiger partial charge in [0.25, 0.3) is 0 Å². The summed E-state index contributed by atoms with van der Waals surface area (Å²) < 4.78 is 10.2. The van der Waals surface area contributed by atoms with Crippen LogP contribution in [-0.4, -0.2) is 40.0 Å². The highest BCUT2D eigenvalue weighted by Crippen LogP contribution is 1.88. The van der Waals surface area contributed by atoms with Gasteiger partial charge in [0.15, 0.2) is 0 Å². The summed E-state index contributed by atoms with van der Waals surface area (Å²) in [5.74, 6) is 0. The molecule has 0 atom stereocenters. The Kier molecular flexibility index (Phi) is 12.8. The van der Waals surface area contributed by atoms with Gasteiger partial charge in [0.2, 0.25) is 0 Å². The second kappa shape index (κ2) is 12.9. The summed E-state index contributed by atoms with van der Waals surface area (Å²) in [4.78, 5) is 0. The Bertz CT molecular complexity index is 131. The quantitative estimate of drug-likeness (QED) is 0.571. The van der Waals surface area contributed by atoms with Crippen molar-refractivity contribution in [2.24, 2.45) is 0 Å². The van der Waals surface area contributed by atoms with E-state index < -0.39 is 0 Å². The van der Waals surface area contributed by atoms with Gasteiger partial charge in [0, 0.05) is 25.8 Å². The van der Waals surface area contributed by atoms with E-state index in [0.717, 1.165) is 32.5 Å². The predicted octanol–water partition coefficient (Wildman–Crippen LogP) is 1.77. The summed E-state index contributed by atoms with van der Waals surface area (Å²) in [6.07, 6.45) is 4.10. The molecule has 0 unspecified atom stereocenters. The highest BCUT2D eigenvalue weighted by molar-refractivity contribution is 6.25. The van der Waals surface area contributed by atoms with Crippen LogP contribution >= 0.6 is 11.6 Å². The van der Waals surface area contributed by atoms with Crippen molar-refractivity contribution in [2.45, 2.75) is 12.8 Å². The fourth-order valence-electron chi connectivity index (χ4n) is 0.928. The zero-order chi connectivity index (χ0) is 10.5. The van der Waals surface area contributed by atoms with Gasteiger partial charge in [0.1, 0.15) is 0 Å². The maximum absolute atomic E-state index is 5.36. The molecule has 0 saturated carbocycles. The van der Waals surface area contributed by atoms with E-state index in [-0.39, 0.29) is 0 Å². The number of halogens is 1. The number of hydrogen-bond acceptors (Lipinski definition) is 3. The van der Waals surface area contributed by atoms with Gasteiger partial charge in [0.05, 0.1) is 13.2 Å². The second-order valence-corrected chi connectivity index (χ2v) is 3.13. The van der Waals surface area contributed by atoms with Gasteiger partial charge in [-0.15, -0.1) is 0 Å². The standard InChI is InChI=1S/C10H20ClNO2/c1-13-9-10-14-8-3-2-6-12-7-4-5-11/h4-5,12H,2-3,6-10H2,1H3/b5-4+. The third-order valence-corrected chi connectivity index (χ3v) is 1.85. The van der Waals surface area contributed by atoms with E-state index in [1.54, 1.807) is 7.11 Å². The molecule has 0 aliphatic carbocycles. The molecule has 0 bridgehead atoms. The van der Waals surface area contributed by atoms with Crippen molar-refractivity contribution in [3.8, 4) is 0 Å². The van der Waals surface area contributed by atoms with Gasteiger partial charge in [-0.2, -0.15) is 0 Å². The van der Waals surface area contributed by atoms with Gasteiger partial charge in [-0.25, -0.2) is 0 Å². The lowest BCUT2D eigenvalue weighted by molar-refractivity contribution is 0.0688. The Morgan fingerprint density at radius 2 is 2.07 bits per heavy atom. The molecule has 0 rings (SSSR count). The molecule has 3 nitrogen and oxygen atoms in total. The van der Waals surface area contributed by atoms with Crippen LogP contribution < -0.4 is 5.32 Å². The van der Waals surface area contributed by atoms with Crippen molar-refractivity contribution >= 4 is 11.6 Å². The van der Waals surface area contributed by atoms with Crippen LogP contribution in [0.15, 0.2) is 11.6 Å². The van der Waals surface area contributed by atoms with E-state index in [1.807, 2.05) is 6.08 Å². The maximum atomic E-state index is 5.36. The van der Waals surface area contributed by atoms with Gasteiger partial charge in [-0.3, -0.25) is 0 Å². The molecule has 0 heterocycles. The number of methoxy groups -OCH3 is 1. The first-order valence-corrected chi connectivity index (χ1v) is 5.38. The summed E-state index contributed by atoms with van der Waals surface area (Å²) in [6, 6.07) is 0. The maximum Gasteiger partial charge on any atom is 0.0700 e. The fraction of sp³-hybridized carbons (Fsp3) is 0.800. The van der Waals surface area contributed by atoms with Crippen LogP contribution in [0.25, 0.3) is 0 Å². The highest BCUT2D eigenvalue weighted by atomic mass is 35.5. The van der Waals surface area contributed by atoms with Crippen molar-refractivity contribution in [3.63, 3.8) is 0 Å². The topological polar surface area (TPSA) is 30.5 Å². The number of hydrogen-bond donors (Lipinski definition) is 1. The molecule has 14 heavy (non-hydrogen) atoms. The lowest BCUT2D eigenvalue weighted by Crippen LogP contribution is -2.15. The fourth-order valence-corrected chi connectivity index (χ4v) is 1.02. The average molecular weight is 222 g/mol. The Hall–Kier alpha value is -0.0900. The lowest BCUT2D eigenvalue weighted by Gasteiger charge is -2.03. The van der Waals surface area contributed by atoms with Gasteiger partial charge < -0.3 is 14.8 Å². The highest BCUT2D eigenvalue weighted by Gasteiger charge is 1.89. The summed E-state index contributed by atoms with van der Waals surface area (Å²) >= 11 is 5.36. The van der Waals surface area contributed by atoms with Crippen molar-refractivity contribution in [1.82, 2.24) is 5.32 Å². The number of ether oxygens (including phenoxy) is 2. The molecule has 0 radical (unpaired) electrons. The minimum Gasteiger partial charge on any atom is -0.382 e. The van der Waals surface area contributed by atoms with E-state index in [9.17, 15) is 0 Å². The van der Waals surface area contributed by atoms with Crippen molar-refractivity contribution in [1.29, 1.82) is 0 Å². The molecule has 0 amide bonds. The van der Waals surface area contributed by atoms with Crippen LogP contribution in [0.2, 0.25) is 0 Å². The van der Waals surface area contributed by atoms with Crippen LogP contribution in [0, 0.1) is 0 Å². The molecule has 0 aliphatic rings. The first-order valence-electron chi connectivity index (χ1n) is 4.94. The zero-order valence-electron chi connectivity index (χ0n) is 8.80. The summed E-state index contributed by atoms with van der Waals surface area (Å²) in [5.41, 5.74) is 1.53. The first-order chi connectivity index (χ1) is 6.91. The number of nitrogens with one attached hydrogen (secondary N) is 1. The van der Waals surface area contributed by atoms with Gasteiger partial charge in [-0.05, 0) is 19.4 Å². The Morgan fingerprint density at radius 1 is 1.21 bits per heavy atom. The minimum atomic E-state index is 0.679. The van der Waals surface area contributed by atoms with Crippen LogP contribution in [-0.2, 0) is 9.47 Å². The van der Waals surface area contributed by atoms with Crippen LogP contribution in [0.1, 0.15) is 12.8 Å². The van der Waals surface area contributed by atoms with E-state index in [0.29, 0.717) is 13.2 Å². The molecule has 0 spiro atoms. The second-order valence-electron chi connectivity index (χ2n) is 2.88. The summed E-state index contributed by atoms with van der Waals surface area (Å²) in [5, 5.41) is 3.24. The van der Waals surface area contributed by atoms with Crippen molar-refractivity contribution in [3.05, 3.63) is 11.6 Å². The van der Waals surface area contributed by atoms with Gasteiger partial charge >= 0.3 is 0 Å². The first kappa shape index (κ1) is 13.9. The lowest BCUT2D eigenvalue weighted by atomic mass is 10.3. The largest absolute Gasteiger partial charge is 0.382 e. The van der Waals surface area contributed by atoms with Crippen LogP contribution in [0.4, 0.5) is 0 Å². The van der Waals surface area contributed by atoms with E-state index in [1.165, 1.54) is 5.54 Å². The Labute approximate surface area is 91.4 Å². The zero-order valence-corrected chi connectivity index (χ0v) is 9.55. The number of rotatable bonds is 10. The molecule has 4 heteroatoms. The molecular formula is C10H20ClNO2. The summed E-state index contributed by atoms with van der Waals surface area (Å²) in [6.45, 7) is 4.04. The van der Waals surface area contributed by atoms with Crippen molar-refractivity contribution in [2.75, 3.05) is 40.0 Å². The van der Waals surface area contributed by atoms with E-state index >= 15 is 0 Å². The summed E-state index contributed by atoms with van der Waals surface area (Å²) in [7, 11) is 1.68. The molecule has 0 aromatic rings. The molecular weight excluding hydrogens is 202 g/mol. The molecule has 84 valence electrons. The third kappa shape index (κ3) is 11.9. The van der Waals surface area contributed by atoms with Crippen LogP contribution in [0.5, 0.6) is 0 Å². The predicted molar refractivity (Wildman–Crippen MR) is 59.8 cm³/mol.